The highest BCUT2D eigenvalue weighted by molar-refractivity contribution is 5.89. The van der Waals surface area contributed by atoms with E-state index in [0.29, 0.717) is 18.4 Å². The molecule has 0 radical (unpaired) electrons. The third-order valence-corrected chi connectivity index (χ3v) is 2.27. The van der Waals surface area contributed by atoms with Crippen LogP contribution in [0.4, 0.5) is 0 Å². The number of carbonyl (C=O) groups is 1. The Balaban J connectivity index is 2.47. The molecule has 2 N–H and O–H groups in total. The van der Waals surface area contributed by atoms with Crippen LogP contribution >= 0.6 is 0 Å². The van der Waals surface area contributed by atoms with Crippen molar-refractivity contribution in [3.05, 3.63) is 35.4 Å². The molecule has 0 amide bonds. The smallest absolute Gasteiger partial charge is 0.335 e. The molecular weight excluding hydrogens is 202 g/mol. The lowest BCUT2D eigenvalue weighted by atomic mass is 10.0. The molecule has 1 aromatic rings. The molecule has 0 fully saturated rings. The Hall–Kier alpha value is -1.79. The first-order valence-electron chi connectivity index (χ1n) is 5.21. The lowest BCUT2D eigenvalue weighted by Gasteiger charge is -2.06. The van der Waals surface area contributed by atoms with Crippen molar-refractivity contribution >= 4 is 5.97 Å². The van der Waals surface area contributed by atoms with Crippen LogP contribution < -0.4 is 5.32 Å². The fourth-order valence-corrected chi connectivity index (χ4v) is 1.46. The fourth-order valence-electron chi connectivity index (χ4n) is 1.46. The number of carboxylic acid groups (broad SMARTS) is 1. The van der Waals surface area contributed by atoms with Gasteiger partial charge in [-0.3, -0.25) is 0 Å². The summed E-state index contributed by atoms with van der Waals surface area (Å²) in [6.07, 6.45) is 6.51. The maximum Gasteiger partial charge on any atom is 0.335 e. The van der Waals surface area contributed by atoms with Gasteiger partial charge in [0.15, 0.2) is 0 Å². The molecule has 84 valence electrons. The molecule has 0 aliphatic carbocycles. The standard InChI is InChI=1S/C13H15NO2/c1-2-3-9-14-10-8-11-6-4-5-7-12(11)13(15)16/h1,4-7,14H,3,8-10H2,(H,15,16). The second-order valence-corrected chi connectivity index (χ2v) is 3.42. The van der Waals surface area contributed by atoms with Gasteiger partial charge in [0, 0.05) is 13.0 Å². The van der Waals surface area contributed by atoms with Crippen molar-refractivity contribution in [2.75, 3.05) is 13.1 Å². The molecule has 0 aromatic heterocycles. The molecule has 0 aliphatic heterocycles. The van der Waals surface area contributed by atoms with Gasteiger partial charge < -0.3 is 10.4 Å². The highest BCUT2D eigenvalue weighted by atomic mass is 16.4. The Bertz CT molecular complexity index is 393. The van der Waals surface area contributed by atoms with Gasteiger partial charge in [0.25, 0.3) is 0 Å². The zero-order valence-corrected chi connectivity index (χ0v) is 9.07. The van der Waals surface area contributed by atoms with Crippen LogP contribution in [0.3, 0.4) is 0 Å². The van der Waals surface area contributed by atoms with Gasteiger partial charge in [-0.1, -0.05) is 18.2 Å². The number of terminal acetylenes is 1. The second kappa shape index (κ2) is 6.65. The fraction of sp³-hybridized carbons (Fsp3) is 0.308. The first kappa shape index (κ1) is 12.3. The van der Waals surface area contributed by atoms with Crippen molar-refractivity contribution in [2.24, 2.45) is 0 Å². The molecular formula is C13H15NO2. The maximum atomic E-state index is 10.9. The second-order valence-electron chi connectivity index (χ2n) is 3.42. The largest absolute Gasteiger partial charge is 0.478 e. The Labute approximate surface area is 95.5 Å². The summed E-state index contributed by atoms with van der Waals surface area (Å²) in [7, 11) is 0. The summed E-state index contributed by atoms with van der Waals surface area (Å²) in [6, 6.07) is 7.05. The van der Waals surface area contributed by atoms with Gasteiger partial charge in [-0.05, 0) is 24.6 Å². The van der Waals surface area contributed by atoms with E-state index in [9.17, 15) is 4.79 Å². The van der Waals surface area contributed by atoms with Crippen LogP contribution in [0.25, 0.3) is 0 Å². The van der Waals surface area contributed by atoms with E-state index in [1.165, 1.54) is 0 Å². The van der Waals surface area contributed by atoms with Gasteiger partial charge in [-0.25, -0.2) is 4.79 Å². The Morgan fingerprint density at radius 2 is 2.12 bits per heavy atom. The lowest BCUT2D eigenvalue weighted by Crippen LogP contribution is -2.19. The topological polar surface area (TPSA) is 49.3 Å². The third kappa shape index (κ3) is 3.76. The lowest BCUT2D eigenvalue weighted by molar-refractivity contribution is 0.0695. The van der Waals surface area contributed by atoms with E-state index >= 15 is 0 Å². The highest BCUT2D eigenvalue weighted by Gasteiger charge is 2.07. The summed E-state index contributed by atoms with van der Waals surface area (Å²) in [6.45, 7) is 1.51. The Morgan fingerprint density at radius 3 is 2.81 bits per heavy atom. The number of carboxylic acids is 1. The first-order chi connectivity index (χ1) is 7.75. The van der Waals surface area contributed by atoms with Crippen molar-refractivity contribution in [1.29, 1.82) is 0 Å². The molecule has 0 bridgehead atoms. The molecule has 3 nitrogen and oxygen atoms in total. The Morgan fingerprint density at radius 1 is 1.38 bits per heavy atom. The van der Waals surface area contributed by atoms with Crippen LogP contribution in [0.1, 0.15) is 22.3 Å². The van der Waals surface area contributed by atoms with Crippen molar-refractivity contribution < 1.29 is 9.90 Å². The summed E-state index contributed by atoms with van der Waals surface area (Å²) < 4.78 is 0. The zero-order chi connectivity index (χ0) is 11.8. The molecule has 0 heterocycles. The minimum Gasteiger partial charge on any atom is -0.478 e. The average Bonchev–Trinajstić information content (AvgIpc) is 2.29. The Kier molecular flexibility index (Phi) is 5.10. The third-order valence-electron chi connectivity index (χ3n) is 2.27. The molecule has 0 aliphatic rings. The van der Waals surface area contributed by atoms with Crippen LogP contribution in [-0.2, 0) is 6.42 Å². The van der Waals surface area contributed by atoms with Crippen LogP contribution in [0.5, 0.6) is 0 Å². The average molecular weight is 217 g/mol. The molecule has 3 heteroatoms. The van der Waals surface area contributed by atoms with Crippen LogP contribution in [0, 0.1) is 12.3 Å². The molecule has 0 unspecified atom stereocenters. The summed E-state index contributed by atoms with van der Waals surface area (Å²) >= 11 is 0. The van der Waals surface area contributed by atoms with Gasteiger partial charge in [-0.15, -0.1) is 12.3 Å². The minimum atomic E-state index is -0.876. The van der Waals surface area contributed by atoms with Gasteiger partial charge in [0.1, 0.15) is 0 Å². The van der Waals surface area contributed by atoms with Gasteiger partial charge in [-0.2, -0.15) is 0 Å². The van der Waals surface area contributed by atoms with Gasteiger partial charge in [0.05, 0.1) is 5.56 Å². The highest BCUT2D eigenvalue weighted by Crippen LogP contribution is 2.08. The summed E-state index contributed by atoms with van der Waals surface area (Å²) in [4.78, 5) is 10.9. The molecule has 0 saturated heterocycles. The van der Waals surface area contributed by atoms with E-state index in [1.807, 2.05) is 12.1 Å². The van der Waals surface area contributed by atoms with Crippen LogP contribution in [0.2, 0.25) is 0 Å². The molecule has 16 heavy (non-hydrogen) atoms. The van der Waals surface area contributed by atoms with Crippen molar-refractivity contribution in [3.8, 4) is 12.3 Å². The first-order valence-corrected chi connectivity index (χ1v) is 5.21. The van der Waals surface area contributed by atoms with Crippen molar-refractivity contribution in [3.63, 3.8) is 0 Å². The van der Waals surface area contributed by atoms with E-state index in [1.54, 1.807) is 12.1 Å². The summed E-state index contributed by atoms with van der Waals surface area (Å²) in [5.74, 6) is 1.66. The normalized spacial score (nSPS) is 9.69. The molecule has 1 aromatic carbocycles. The number of rotatable bonds is 6. The SMILES string of the molecule is C#CCCNCCc1ccccc1C(=O)O. The zero-order valence-electron chi connectivity index (χ0n) is 9.07. The minimum absolute atomic E-state index is 0.376. The van der Waals surface area contributed by atoms with Gasteiger partial charge >= 0.3 is 5.97 Å². The molecule has 0 saturated carbocycles. The number of hydrogen-bond donors (Lipinski definition) is 2. The number of hydrogen-bond acceptors (Lipinski definition) is 2. The maximum absolute atomic E-state index is 10.9. The van der Waals surface area contributed by atoms with E-state index in [4.69, 9.17) is 11.5 Å². The van der Waals surface area contributed by atoms with Gasteiger partial charge in [0.2, 0.25) is 0 Å². The van der Waals surface area contributed by atoms with Crippen LogP contribution in [-0.4, -0.2) is 24.2 Å². The van der Waals surface area contributed by atoms with Crippen molar-refractivity contribution in [1.82, 2.24) is 5.32 Å². The monoisotopic (exact) mass is 217 g/mol. The summed E-state index contributed by atoms with van der Waals surface area (Å²) in [5.41, 5.74) is 1.23. The molecule has 0 spiro atoms. The number of benzene rings is 1. The number of nitrogens with one attached hydrogen (secondary N) is 1. The van der Waals surface area contributed by atoms with E-state index in [2.05, 4.69) is 11.2 Å². The predicted octanol–water partition coefficient (Wildman–Crippen LogP) is 1.54. The van der Waals surface area contributed by atoms with E-state index < -0.39 is 5.97 Å². The summed E-state index contributed by atoms with van der Waals surface area (Å²) in [5, 5.41) is 12.1. The predicted molar refractivity (Wildman–Crippen MR) is 63.4 cm³/mol. The quantitative estimate of drug-likeness (QED) is 0.561. The molecule has 1 rings (SSSR count). The van der Waals surface area contributed by atoms with E-state index in [0.717, 1.165) is 18.7 Å². The van der Waals surface area contributed by atoms with Crippen LogP contribution in [0.15, 0.2) is 24.3 Å². The number of aromatic carboxylic acids is 1. The molecule has 0 atom stereocenters. The van der Waals surface area contributed by atoms with E-state index in [-0.39, 0.29) is 0 Å². The van der Waals surface area contributed by atoms with Crippen molar-refractivity contribution in [2.45, 2.75) is 12.8 Å².